The Hall–Kier alpha value is -0.440. The van der Waals surface area contributed by atoms with Crippen molar-refractivity contribution in [3.8, 4) is 10.6 Å². The molecule has 0 N–H and O–H groups in total. The predicted molar refractivity (Wildman–Crippen MR) is 79.4 cm³/mol. The first-order chi connectivity index (χ1) is 8.61. The molecule has 0 aliphatic carbocycles. The standard InChI is InChI=1S/C10H11NO3S4/c1-4-14-9(13)5-7-6(11(2)8(5)12)10(17-15-3)18-16-7/h4H2,1-3H3. The van der Waals surface area contributed by atoms with Crippen molar-refractivity contribution in [2.75, 3.05) is 12.9 Å². The van der Waals surface area contributed by atoms with Gasteiger partial charge in [-0.05, 0) is 24.0 Å². The van der Waals surface area contributed by atoms with E-state index < -0.39 is 5.97 Å². The van der Waals surface area contributed by atoms with Crippen molar-refractivity contribution in [1.82, 2.24) is 4.57 Å². The Morgan fingerprint density at radius 3 is 2.78 bits per heavy atom. The van der Waals surface area contributed by atoms with Gasteiger partial charge in [-0.15, -0.1) is 0 Å². The van der Waals surface area contributed by atoms with E-state index in [1.807, 2.05) is 6.26 Å². The van der Waals surface area contributed by atoms with Gasteiger partial charge in [0.2, 0.25) is 0 Å². The van der Waals surface area contributed by atoms with Crippen LogP contribution in [0, 0.1) is 0 Å². The second-order valence-corrected chi connectivity index (χ2v) is 8.16. The summed E-state index contributed by atoms with van der Waals surface area (Å²) in [5, 5.41) is 0. The number of ether oxygens (including phenoxy) is 1. The predicted octanol–water partition coefficient (Wildman–Crippen LogP) is 3.16. The Balaban J connectivity index is 2.56. The van der Waals surface area contributed by atoms with Crippen LogP contribution < -0.4 is 5.56 Å². The van der Waals surface area contributed by atoms with E-state index in [1.165, 1.54) is 14.9 Å². The van der Waals surface area contributed by atoms with Crippen LogP contribution in [0.25, 0.3) is 10.6 Å². The maximum absolute atomic E-state index is 12.1. The van der Waals surface area contributed by atoms with Crippen LogP contribution in [0.15, 0.2) is 9.00 Å². The lowest BCUT2D eigenvalue weighted by atomic mass is 10.3. The van der Waals surface area contributed by atoms with Gasteiger partial charge in [-0.25, -0.2) is 4.79 Å². The molecule has 2 aliphatic rings. The van der Waals surface area contributed by atoms with E-state index in [-0.39, 0.29) is 17.7 Å². The van der Waals surface area contributed by atoms with Crippen molar-refractivity contribution < 1.29 is 9.53 Å². The van der Waals surface area contributed by atoms with E-state index in [0.29, 0.717) is 0 Å². The minimum absolute atomic E-state index is 0.170. The first-order valence-corrected chi connectivity index (χ1v) is 9.81. The number of fused-ring (bicyclic) bond motifs is 1. The number of rotatable bonds is 4. The van der Waals surface area contributed by atoms with Crippen molar-refractivity contribution in [3.63, 3.8) is 0 Å². The number of hydrogen-bond acceptors (Lipinski definition) is 7. The van der Waals surface area contributed by atoms with Gasteiger partial charge in [-0.1, -0.05) is 31.5 Å². The number of hydrogen-bond donors (Lipinski definition) is 0. The van der Waals surface area contributed by atoms with Crippen molar-refractivity contribution >= 4 is 48.2 Å². The summed E-state index contributed by atoms with van der Waals surface area (Å²) in [5.41, 5.74) is 0.742. The molecule has 2 heterocycles. The molecule has 2 aliphatic heterocycles. The normalized spacial score (nSPS) is 11.1. The third-order valence-electron chi connectivity index (χ3n) is 2.33. The van der Waals surface area contributed by atoms with Crippen molar-refractivity contribution in [2.24, 2.45) is 7.05 Å². The van der Waals surface area contributed by atoms with Gasteiger partial charge in [0.25, 0.3) is 5.56 Å². The van der Waals surface area contributed by atoms with Gasteiger partial charge in [0.15, 0.2) is 0 Å². The lowest BCUT2D eigenvalue weighted by Gasteiger charge is -1.98. The molecule has 0 saturated carbocycles. The molecule has 0 amide bonds. The molecule has 0 fully saturated rings. The SMILES string of the molecule is CCOC(=O)c1c2ssc(SSC)c-2n(C)c1=O. The van der Waals surface area contributed by atoms with Gasteiger partial charge >= 0.3 is 5.97 Å². The van der Waals surface area contributed by atoms with Gasteiger partial charge in [-0.2, -0.15) is 0 Å². The van der Waals surface area contributed by atoms with Crippen LogP contribution in [0.5, 0.6) is 0 Å². The summed E-state index contributed by atoms with van der Waals surface area (Å²) in [4.78, 5) is 24.6. The molecule has 0 bridgehead atoms. The third-order valence-corrected chi connectivity index (χ3v) is 7.22. The Morgan fingerprint density at radius 2 is 2.17 bits per heavy atom. The minimum Gasteiger partial charge on any atom is -0.462 e. The van der Waals surface area contributed by atoms with Crippen molar-refractivity contribution in [2.45, 2.75) is 11.1 Å². The van der Waals surface area contributed by atoms with Crippen LogP contribution in [0.3, 0.4) is 0 Å². The van der Waals surface area contributed by atoms with Crippen LogP contribution in [0.4, 0.5) is 0 Å². The minimum atomic E-state index is -0.525. The van der Waals surface area contributed by atoms with Gasteiger partial charge in [0, 0.05) is 7.05 Å². The summed E-state index contributed by atoms with van der Waals surface area (Å²) in [6, 6.07) is 0. The average molecular weight is 321 g/mol. The zero-order valence-corrected chi connectivity index (χ0v) is 13.3. The Kier molecular flexibility index (Phi) is 4.41. The van der Waals surface area contributed by atoms with Gasteiger partial charge in [0.1, 0.15) is 9.77 Å². The highest BCUT2D eigenvalue weighted by Gasteiger charge is 2.30. The van der Waals surface area contributed by atoms with E-state index in [9.17, 15) is 9.59 Å². The molecule has 0 radical (unpaired) electrons. The van der Waals surface area contributed by atoms with E-state index in [2.05, 4.69) is 0 Å². The number of esters is 1. The van der Waals surface area contributed by atoms with E-state index in [1.54, 1.807) is 45.9 Å². The molecule has 8 heteroatoms. The number of aromatic nitrogens is 1. The molecule has 0 unspecified atom stereocenters. The van der Waals surface area contributed by atoms with Crippen molar-refractivity contribution in [3.05, 3.63) is 15.9 Å². The topological polar surface area (TPSA) is 48.3 Å². The first kappa shape index (κ1) is 14.0. The maximum Gasteiger partial charge on any atom is 0.345 e. The highest BCUT2D eigenvalue weighted by molar-refractivity contribution is 8.77. The highest BCUT2D eigenvalue weighted by Crippen LogP contribution is 2.47. The first-order valence-electron chi connectivity index (χ1n) is 5.11. The molecule has 18 heavy (non-hydrogen) atoms. The summed E-state index contributed by atoms with van der Waals surface area (Å²) < 4.78 is 7.53. The zero-order valence-electron chi connectivity index (χ0n) is 10.0. The molecule has 98 valence electrons. The highest BCUT2D eigenvalue weighted by atomic mass is 33.1. The molecule has 0 aromatic rings. The fourth-order valence-electron chi connectivity index (χ4n) is 1.58. The molecule has 0 aromatic heterocycles. The fourth-order valence-corrected chi connectivity index (χ4v) is 7.15. The summed E-state index contributed by atoms with van der Waals surface area (Å²) >= 11 is 0. The van der Waals surface area contributed by atoms with Crippen LogP contribution in [0.2, 0.25) is 0 Å². The zero-order chi connectivity index (χ0) is 13.3. The second kappa shape index (κ2) is 5.68. The van der Waals surface area contributed by atoms with Crippen LogP contribution in [-0.4, -0.2) is 23.4 Å². The van der Waals surface area contributed by atoms with E-state index >= 15 is 0 Å². The molecule has 4 nitrogen and oxygen atoms in total. The monoisotopic (exact) mass is 321 g/mol. The maximum atomic E-state index is 12.1. The van der Waals surface area contributed by atoms with Gasteiger partial charge < -0.3 is 9.30 Å². The number of nitrogens with zero attached hydrogens (tertiary/aromatic N) is 1. The average Bonchev–Trinajstić information content (AvgIpc) is 2.82. The van der Waals surface area contributed by atoms with E-state index in [4.69, 9.17) is 4.74 Å². The Labute approximate surface area is 119 Å². The van der Waals surface area contributed by atoms with Crippen LogP contribution in [0.1, 0.15) is 17.3 Å². The molecule has 0 atom stereocenters. The van der Waals surface area contributed by atoms with Gasteiger partial charge in [-0.3, -0.25) is 4.79 Å². The quantitative estimate of drug-likeness (QED) is 0.639. The number of carbonyl (C=O) groups is 1. The second-order valence-electron chi connectivity index (χ2n) is 3.34. The summed E-state index contributed by atoms with van der Waals surface area (Å²) in [6.45, 7) is 2.00. The summed E-state index contributed by atoms with van der Waals surface area (Å²) in [7, 11) is 7.96. The molecule has 0 saturated heterocycles. The van der Waals surface area contributed by atoms with Crippen molar-refractivity contribution in [1.29, 1.82) is 0 Å². The van der Waals surface area contributed by atoms with Crippen LogP contribution in [-0.2, 0) is 11.8 Å². The fraction of sp³-hybridized carbons (Fsp3) is 0.400. The lowest BCUT2D eigenvalue weighted by molar-refractivity contribution is 0.0526. The molecular formula is C10H11NO3S4. The van der Waals surface area contributed by atoms with Gasteiger partial charge in [0.05, 0.1) is 17.2 Å². The third kappa shape index (κ3) is 2.22. The van der Waals surface area contributed by atoms with Crippen LogP contribution >= 0.6 is 42.3 Å². The number of carbonyl (C=O) groups excluding carboxylic acids is 1. The Morgan fingerprint density at radius 1 is 1.44 bits per heavy atom. The summed E-state index contributed by atoms with van der Waals surface area (Å²) in [6.07, 6.45) is 1.98. The van der Waals surface area contributed by atoms with E-state index in [0.717, 1.165) is 14.8 Å². The largest absolute Gasteiger partial charge is 0.462 e. The molecule has 2 rings (SSSR count). The lowest BCUT2D eigenvalue weighted by Crippen LogP contribution is -2.19. The molecule has 0 spiro atoms. The smallest absolute Gasteiger partial charge is 0.345 e. The molecule has 0 aromatic carbocycles. The molecular weight excluding hydrogens is 310 g/mol. The summed E-state index contributed by atoms with van der Waals surface area (Å²) in [5.74, 6) is -0.525. The Bertz CT molecular complexity index is 597.